The molecule has 2 aromatic heterocycles. The maximum atomic E-state index is 13.9. The number of rotatable bonds is 4. The van der Waals surface area contributed by atoms with Gasteiger partial charge in [-0.3, -0.25) is 9.88 Å². The Hall–Kier alpha value is -2.66. The van der Waals surface area contributed by atoms with Gasteiger partial charge in [0.2, 0.25) is 0 Å². The second-order valence-electron chi connectivity index (χ2n) is 7.35. The molecule has 138 valence electrons. The minimum Gasteiger partial charge on any atom is -0.294 e. The third-order valence-electron chi connectivity index (χ3n) is 4.93. The zero-order valence-corrected chi connectivity index (χ0v) is 15.7. The number of halogens is 1. The quantitative estimate of drug-likeness (QED) is 0.692. The predicted octanol–water partition coefficient (Wildman–Crippen LogP) is 4.36. The van der Waals surface area contributed by atoms with E-state index in [0.717, 1.165) is 37.4 Å². The van der Waals surface area contributed by atoms with E-state index in [0.29, 0.717) is 17.2 Å². The van der Waals surface area contributed by atoms with E-state index in [1.165, 1.54) is 17.3 Å². The molecule has 1 aliphatic heterocycles. The second kappa shape index (κ2) is 7.53. The smallest absolute Gasteiger partial charge is 0.132 e. The average molecular weight is 362 g/mol. The summed E-state index contributed by atoms with van der Waals surface area (Å²) in [6.07, 6.45) is 4.76. The van der Waals surface area contributed by atoms with Crippen LogP contribution >= 0.6 is 0 Å². The Morgan fingerprint density at radius 3 is 2.67 bits per heavy atom. The SMILES string of the molecule is CC(C)c1ncc2c(n1)CCN(Cc1ccc(-c3ccccc3F)nc1)C2. The standard InChI is InChI=1S/C22H23FN4/c1-15(2)22-25-12-17-14-27(10-9-20(17)26-22)13-16-7-8-21(24-11-16)18-5-3-4-6-19(18)23/h3-8,11-12,15H,9-10,13-14H2,1-2H3. The number of fused-ring (bicyclic) bond motifs is 1. The summed E-state index contributed by atoms with van der Waals surface area (Å²) in [4.78, 5) is 16.1. The monoisotopic (exact) mass is 362 g/mol. The molecule has 0 radical (unpaired) electrons. The number of pyridine rings is 1. The summed E-state index contributed by atoms with van der Waals surface area (Å²) >= 11 is 0. The molecule has 1 aromatic carbocycles. The molecule has 3 heterocycles. The highest BCUT2D eigenvalue weighted by atomic mass is 19.1. The van der Waals surface area contributed by atoms with Crippen molar-refractivity contribution in [1.82, 2.24) is 19.9 Å². The fraction of sp³-hybridized carbons (Fsp3) is 0.318. The normalized spacial score (nSPS) is 14.4. The number of hydrogen-bond acceptors (Lipinski definition) is 4. The highest BCUT2D eigenvalue weighted by Crippen LogP contribution is 2.23. The number of nitrogens with zero attached hydrogens (tertiary/aromatic N) is 4. The summed E-state index contributed by atoms with van der Waals surface area (Å²) in [6.45, 7) is 6.87. The van der Waals surface area contributed by atoms with E-state index >= 15 is 0 Å². The number of aromatic nitrogens is 3. The van der Waals surface area contributed by atoms with E-state index in [9.17, 15) is 4.39 Å². The van der Waals surface area contributed by atoms with Crippen LogP contribution in [0, 0.1) is 5.82 Å². The first kappa shape index (κ1) is 17.7. The van der Waals surface area contributed by atoms with E-state index in [-0.39, 0.29) is 5.82 Å². The van der Waals surface area contributed by atoms with Crippen LogP contribution in [0.3, 0.4) is 0 Å². The van der Waals surface area contributed by atoms with Gasteiger partial charge >= 0.3 is 0 Å². The molecule has 0 N–H and O–H groups in total. The van der Waals surface area contributed by atoms with E-state index in [4.69, 9.17) is 4.98 Å². The lowest BCUT2D eigenvalue weighted by atomic mass is 10.1. The highest BCUT2D eigenvalue weighted by Gasteiger charge is 2.19. The lowest BCUT2D eigenvalue weighted by Crippen LogP contribution is -2.31. The molecular formula is C22H23FN4. The molecule has 1 aliphatic rings. The topological polar surface area (TPSA) is 41.9 Å². The van der Waals surface area contributed by atoms with Gasteiger partial charge in [0.1, 0.15) is 11.6 Å². The van der Waals surface area contributed by atoms with Crippen molar-refractivity contribution >= 4 is 0 Å². The molecule has 27 heavy (non-hydrogen) atoms. The van der Waals surface area contributed by atoms with Crippen LogP contribution in [-0.2, 0) is 19.5 Å². The van der Waals surface area contributed by atoms with Crippen molar-refractivity contribution < 1.29 is 4.39 Å². The van der Waals surface area contributed by atoms with Crippen molar-refractivity contribution in [3.05, 3.63) is 77.3 Å². The minimum atomic E-state index is -0.244. The zero-order valence-electron chi connectivity index (χ0n) is 15.7. The second-order valence-corrected chi connectivity index (χ2v) is 7.35. The van der Waals surface area contributed by atoms with Gasteiger partial charge < -0.3 is 0 Å². The van der Waals surface area contributed by atoms with Crippen LogP contribution in [0.2, 0.25) is 0 Å². The fourth-order valence-corrected chi connectivity index (χ4v) is 3.41. The van der Waals surface area contributed by atoms with Crippen LogP contribution in [0.25, 0.3) is 11.3 Å². The van der Waals surface area contributed by atoms with Crippen molar-refractivity contribution in [2.45, 2.75) is 39.3 Å². The summed E-state index contributed by atoms with van der Waals surface area (Å²) in [5, 5.41) is 0. The lowest BCUT2D eigenvalue weighted by molar-refractivity contribution is 0.242. The van der Waals surface area contributed by atoms with Gasteiger partial charge in [0.15, 0.2) is 0 Å². The molecule has 5 heteroatoms. The van der Waals surface area contributed by atoms with Crippen LogP contribution in [0.4, 0.5) is 4.39 Å². The first-order chi connectivity index (χ1) is 13.1. The Balaban J connectivity index is 1.45. The molecule has 4 nitrogen and oxygen atoms in total. The van der Waals surface area contributed by atoms with Gasteiger partial charge in [0, 0.05) is 61.2 Å². The molecule has 0 fully saturated rings. The summed E-state index contributed by atoms with van der Waals surface area (Å²) in [7, 11) is 0. The van der Waals surface area contributed by atoms with Crippen LogP contribution in [0.15, 0.2) is 48.8 Å². The maximum Gasteiger partial charge on any atom is 0.132 e. The molecule has 0 atom stereocenters. The van der Waals surface area contributed by atoms with Crippen molar-refractivity contribution in [1.29, 1.82) is 0 Å². The van der Waals surface area contributed by atoms with Crippen LogP contribution < -0.4 is 0 Å². The minimum absolute atomic E-state index is 0.244. The van der Waals surface area contributed by atoms with Crippen molar-refractivity contribution in [2.75, 3.05) is 6.54 Å². The summed E-state index contributed by atoms with van der Waals surface area (Å²) in [6, 6.07) is 10.7. The zero-order chi connectivity index (χ0) is 18.8. The first-order valence-electron chi connectivity index (χ1n) is 9.37. The van der Waals surface area contributed by atoms with Crippen molar-refractivity contribution in [2.24, 2.45) is 0 Å². The van der Waals surface area contributed by atoms with Gasteiger partial charge in [-0.1, -0.05) is 32.0 Å². The Morgan fingerprint density at radius 1 is 1.07 bits per heavy atom. The van der Waals surface area contributed by atoms with E-state index in [1.54, 1.807) is 12.1 Å². The molecule has 0 unspecified atom stereocenters. The Morgan fingerprint density at radius 2 is 1.93 bits per heavy atom. The Bertz CT molecular complexity index is 937. The average Bonchev–Trinajstić information content (AvgIpc) is 2.68. The Kier molecular flexibility index (Phi) is 4.94. The first-order valence-corrected chi connectivity index (χ1v) is 9.37. The maximum absolute atomic E-state index is 13.9. The van der Waals surface area contributed by atoms with Crippen LogP contribution in [0.5, 0.6) is 0 Å². The van der Waals surface area contributed by atoms with E-state index in [1.807, 2.05) is 30.6 Å². The van der Waals surface area contributed by atoms with Gasteiger partial charge in [-0.05, 0) is 23.8 Å². The number of benzene rings is 1. The highest BCUT2D eigenvalue weighted by molar-refractivity contribution is 5.59. The Labute approximate surface area is 159 Å². The summed E-state index contributed by atoms with van der Waals surface area (Å²) < 4.78 is 13.9. The van der Waals surface area contributed by atoms with E-state index < -0.39 is 0 Å². The third kappa shape index (κ3) is 3.88. The summed E-state index contributed by atoms with van der Waals surface area (Å²) in [5.74, 6) is 1.04. The molecule has 0 saturated carbocycles. The molecule has 0 amide bonds. The van der Waals surface area contributed by atoms with E-state index in [2.05, 4.69) is 28.7 Å². The molecule has 0 spiro atoms. The molecule has 0 aliphatic carbocycles. The molecule has 0 saturated heterocycles. The molecule has 0 bridgehead atoms. The van der Waals surface area contributed by atoms with Gasteiger partial charge in [0.05, 0.1) is 5.69 Å². The van der Waals surface area contributed by atoms with Crippen molar-refractivity contribution in [3.8, 4) is 11.3 Å². The molecular weight excluding hydrogens is 339 g/mol. The van der Waals surface area contributed by atoms with Gasteiger partial charge in [0.25, 0.3) is 0 Å². The lowest BCUT2D eigenvalue weighted by Gasteiger charge is -2.28. The van der Waals surface area contributed by atoms with Crippen molar-refractivity contribution in [3.63, 3.8) is 0 Å². The predicted molar refractivity (Wildman–Crippen MR) is 104 cm³/mol. The number of hydrogen-bond donors (Lipinski definition) is 0. The van der Waals surface area contributed by atoms with Gasteiger partial charge in [-0.2, -0.15) is 0 Å². The van der Waals surface area contributed by atoms with Crippen LogP contribution in [-0.4, -0.2) is 26.4 Å². The van der Waals surface area contributed by atoms with Crippen LogP contribution in [0.1, 0.15) is 42.4 Å². The molecule has 4 rings (SSSR count). The van der Waals surface area contributed by atoms with Gasteiger partial charge in [-0.15, -0.1) is 0 Å². The third-order valence-corrected chi connectivity index (χ3v) is 4.93. The largest absolute Gasteiger partial charge is 0.294 e. The van der Waals surface area contributed by atoms with Gasteiger partial charge in [-0.25, -0.2) is 14.4 Å². The summed E-state index contributed by atoms with van der Waals surface area (Å²) in [5.41, 5.74) is 4.71. The fourth-order valence-electron chi connectivity index (χ4n) is 3.41. The molecule has 3 aromatic rings.